The Hall–Kier alpha value is -0.160. The Balaban J connectivity index is 0. The second kappa shape index (κ2) is 10.7. The summed E-state index contributed by atoms with van der Waals surface area (Å²) in [6, 6.07) is 0. The summed E-state index contributed by atoms with van der Waals surface area (Å²) < 4.78 is 0. The highest BCUT2D eigenvalue weighted by molar-refractivity contribution is 4.74. The van der Waals surface area contributed by atoms with Crippen molar-refractivity contribution < 1.29 is 20.4 Å². The topological polar surface area (TPSA) is 80.9 Å². The van der Waals surface area contributed by atoms with Crippen molar-refractivity contribution >= 4 is 0 Å². The number of aliphatic hydroxyl groups excluding tert-OH is 4. The van der Waals surface area contributed by atoms with Gasteiger partial charge in [-0.2, -0.15) is 0 Å². The van der Waals surface area contributed by atoms with Gasteiger partial charge in [0.15, 0.2) is 0 Å². The first kappa shape index (κ1) is 20.2. The fourth-order valence-electron chi connectivity index (χ4n) is 1.49. The van der Waals surface area contributed by atoms with Gasteiger partial charge in [-0.1, -0.05) is 27.7 Å². The van der Waals surface area contributed by atoms with Gasteiger partial charge in [-0.15, -0.1) is 0 Å². The maximum atomic E-state index is 8.82. The van der Waals surface area contributed by atoms with Crippen molar-refractivity contribution in [2.45, 2.75) is 53.4 Å². The molecule has 0 aromatic rings. The van der Waals surface area contributed by atoms with Gasteiger partial charge >= 0.3 is 0 Å². The molecule has 112 valence electrons. The highest BCUT2D eigenvalue weighted by Gasteiger charge is 2.23. The predicted octanol–water partition coefficient (Wildman–Crippen LogP) is 1.55. The van der Waals surface area contributed by atoms with Gasteiger partial charge in [-0.05, 0) is 25.7 Å². The quantitative estimate of drug-likeness (QED) is 0.536. The van der Waals surface area contributed by atoms with Crippen molar-refractivity contribution in [1.29, 1.82) is 0 Å². The number of hydrogen-bond donors (Lipinski definition) is 4. The van der Waals surface area contributed by atoms with Crippen LogP contribution in [0.1, 0.15) is 53.4 Å². The molecule has 0 saturated carbocycles. The minimum absolute atomic E-state index is 0.0938. The molecule has 0 aromatic carbocycles. The van der Waals surface area contributed by atoms with E-state index in [2.05, 4.69) is 0 Å². The molecule has 0 heterocycles. The van der Waals surface area contributed by atoms with Crippen molar-refractivity contribution in [3.8, 4) is 0 Å². The van der Waals surface area contributed by atoms with Crippen molar-refractivity contribution in [2.75, 3.05) is 26.4 Å². The van der Waals surface area contributed by atoms with Gasteiger partial charge in [-0.25, -0.2) is 0 Å². The van der Waals surface area contributed by atoms with Crippen molar-refractivity contribution in [3.05, 3.63) is 0 Å². The van der Waals surface area contributed by atoms with Crippen LogP contribution in [0, 0.1) is 10.8 Å². The molecule has 4 N–H and O–H groups in total. The highest BCUT2D eigenvalue weighted by Crippen LogP contribution is 2.24. The molecule has 0 fully saturated rings. The maximum absolute atomic E-state index is 8.82. The fourth-order valence-corrected chi connectivity index (χ4v) is 1.49. The van der Waals surface area contributed by atoms with Gasteiger partial charge in [0, 0.05) is 10.8 Å². The van der Waals surface area contributed by atoms with Crippen molar-refractivity contribution in [2.24, 2.45) is 10.8 Å². The van der Waals surface area contributed by atoms with Crippen LogP contribution in [0.5, 0.6) is 0 Å². The molecule has 0 bridgehead atoms. The second-order valence-corrected chi connectivity index (χ2v) is 5.05. The zero-order chi connectivity index (χ0) is 14.7. The fraction of sp³-hybridized carbons (Fsp3) is 1.00. The smallest absolute Gasteiger partial charge is 0.0509 e. The molecule has 0 rings (SSSR count). The first-order valence-electron chi connectivity index (χ1n) is 6.92. The van der Waals surface area contributed by atoms with Gasteiger partial charge in [0.1, 0.15) is 0 Å². The van der Waals surface area contributed by atoms with Crippen molar-refractivity contribution in [3.63, 3.8) is 0 Å². The molecule has 0 atom stereocenters. The lowest BCUT2D eigenvalue weighted by Gasteiger charge is -2.25. The summed E-state index contributed by atoms with van der Waals surface area (Å²) in [4.78, 5) is 0. The SMILES string of the molecule is CCC(CC)(CO)CO.CCC(CC)(CO)CO. The average molecular weight is 264 g/mol. The number of aliphatic hydroxyl groups is 4. The van der Waals surface area contributed by atoms with Crippen LogP contribution in [0.4, 0.5) is 0 Å². The minimum atomic E-state index is -0.222. The molecule has 0 amide bonds. The van der Waals surface area contributed by atoms with Gasteiger partial charge in [-0.3, -0.25) is 0 Å². The third-order valence-electron chi connectivity index (χ3n) is 4.34. The summed E-state index contributed by atoms with van der Waals surface area (Å²) in [7, 11) is 0. The Labute approximate surface area is 112 Å². The first-order valence-corrected chi connectivity index (χ1v) is 6.92. The summed E-state index contributed by atoms with van der Waals surface area (Å²) in [6.07, 6.45) is 3.38. The van der Waals surface area contributed by atoms with Crippen LogP contribution in [0.25, 0.3) is 0 Å². The average Bonchev–Trinajstić information content (AvgIpc) is 2.46. The van der Waals surface area contributed by atoms with E-state index in [9.17, 15) is 0 Å². The van der Waals surface area contributed by atoms with Gasteiger partial charge in [0.05, 0.1) is 26.4 Å². The van der Waals surface area contributed by atoms with E-state index >= 15 is 0 Å². The van der Waals surface area contributed by atoms with Crippen LogP contribution in [-0.2, 0) is 0 Å². The maximum Gasteiger partial charge on any atom is 0.0509 e. The van der Waals surface area contributed by atoms with E-state index in [1.807, 2.05) is 27.7 Å². The Morgan fingerprint density at radius 1 is 0.500 bits per heavy atom. The van der Waals surface area contributed by atoms with E-state index < -0.39 is 0 Å². The summed E-state index contributed by atoms with van der Waals surface area (Å²) in [5.41, 5.74) is -0.444. The van der Waals surface area contributed by atoms with Crippen molar-refractivity contribution in [1.82, 2.24) is 0 Å². The molecule has 0 saturated heterocycles. The predicted molar refractivity (Wildman–Crippen MR) is 74.4 cm³/mol. The Bertz CT molecular complexity index is 120. The highest BCUT2D eigenvalue weighted by atomic mass is 16.3. The van der Waals surface area contributed by atoms with E-state index in [1.165, 1.54) is 0 Å². The molecule has 0 unspecified atom stereocenters. The molecule has 18 heavy (non-hydrogen) atoms. The molecule has 0 aliphatic carbocycles. The summed E-state index contributed by atoms with van der Waals surface area (Å²) in [5, 5.41) is 35.3. The Morgan fingerprint density at radius 2 is 0.667 bits per heavy atom. The lowest BCUT2D eigenvalue weighted by molar-refractivity contribution is 0.0479. The minimum Gasteiger partial charge on any atom is -0.396 e. The Morgan fingerprint density at radius 3 is 0.667 bits per heavy atom. The molecule has 0 spiro atoms. The molecule has 0 radical (unpaired) electrons. The van der Waals surface area contributed by atoms with E-state index in [4.69, 9.17) is 20.4 Å². The molecular formula is C14H32O4. The van der Waals surface area contributed by atoms with E-state index in [-0.39, 0.29) is 37.3 Å². The Kier molecular flexibility index (Phi) is 12.0. The normalized spacial score (nSPS) is 12.0. The van der Waals surface area contributed by atoms with Crippen LogP contribution in [0.2, 0.25) is 0 Å². The lowest BCUT2D eigenvalue weighted by Crippen LogP contribution is -2.27. The second-order valence-electron chi connectivity index (χ2n) is 5.05. The standard InChI is InChI=1S/2C7H16O2/c2*1-3-7(4-2,5-8)6-9/h2*8-9H,3-6H2,1-2H3. The summed E-state index contributed by atoms with van der Waals surface area (Å²) >= 11 is 0. The zero-order valence-corrected chi connectivity index (χ0v) is 12.4. The van der Waals surface area contributed by atoms with Crippen LogP contribution in [0.15, 0.2) is 0 Å². The number of rotatable bonds is 8. The first-order chi connectivity index (χ1) is 8.49. The monoisotopic (exact) mass is 264 g/mol. The third kappa shape index (κ3) is 6.14. The van der Waals surface area contributed by atoms with Crippen LogP contribution in [0.3, 0.4) is 0 Å². The van der Waals surface area contributed by atoms with Gasteiger partial charge in [0.25, 0.3) is 0 Å². The zero-order valence-electron chi connectivity index (χ0n) is 12.4. The summed E-state index contributed by atoms with van der Waals surface area (Å²) in [6.45, 7) is 8.30. The molecule has 0 aliphatic heterocycles. The van der Waals surface area contributed by atoms with E-state index in [0.717, 1.165) is 25.7 Å². The largest absolute Gasteiger partial charge is 0.396 e. The van der Waals surface area contributed by atoms with Gasteiger partial charge in [0.2, 0.25) is 0 Å². The molecular weight excluding hydrogens is 232 g/mol. The lowest BCUT2D eigenvalue weighted by atomic mass is 9.84. The van der Waals surface area contributed by atoms with E-state index in [0.29, 0.717) is 0 Å². The van der Waals surface area contributed by atoms with Crippen LogP contribution >= 0.6 is 0 Å². The van der Waals surface area contributed by atoms with Crippen LogP contribution < -0.4 is 0 Å². The molecule has 0 aliphatic rings. The summed E-state index contributed by atoms with van der Waals surface area (Å²) in [5.74, 6) is 0. The third-order valence-corrected chi connectivity index (χ3v) is 4.34. The van der Waals surface area contributed by atoms with E-state index in [1.54, 1.807) is 0 Å². The molecule has 4 heteroatoms. The van der Waals surface area contributed by atoms with Gasteiger partial charge < -0.3 is 20.4 Å². The molecule has 4 nitrogen and oxygen atoms in total. The van der Waals surface area contributed by atoms with Crippen LogP contribution in [-0.4, -0.2) is 46.9 Å². The number of hydrogen-bond acceptors (Lipinski definition) is 4. The molecule has 0 aromatic heterocycles.